The van der Waals surface area contributed by atoms with Crippen molar-refractivity contribution in [1.29, 1.82) is 0 Å². The van der Waals surface area contributed by atoms with E-state index >= 15 is 0 Å². The number of carbonyl (C=O) groups excluding carboxylic acids is 2. The Labute approximate surface area is 155 Å². The molecule has 0 radical (unpaired) electrons. The smallest absolute Gasteiger partial charge is 0.227 e. The first-order valence-corrected chi connectivity index (χ1v) is 8.78. The summed E-state index contributed by atoms with van der Waals surface area (Å²) in [6.45, 7) is 6.72. The molecule has 1 aromatic carbocycles. The number of hydrogen-bond donors (Lipinski definition) is 2. The van der Waals surface area contributed by atoms with E-state index in [-0.39, 0.29) is 24.2 Å². The molecular formula is C18H27ClN4O2. The van der Waals surface area contributed by atoms with Gasteiger partial charge in [-0.05, 0) is 37.6 Å². The maximum atomic E-state index is 12.1. The van der Waals surface area contributed by atoms with E-state index in [1.165, 1.54) is 0 Å². The number of rotatable bonds is 5. The first kappa shape index (κ1) is 19.7. The van der Waals surface area contributed by atoms with E-state index in [0.717, 1.165) is 50.5 Å². The Morgan fingerprint density at radius 3 is 2.68 bits per heavy atom. The summed E-state index contributed by atoms with van der Waals surface area (Å²) in [5.41, 5.74) is 1.69. The zero-order valence-corrected chi connectivity index (χ0v) is 15.5. The topological polar surface area (TPSA) is 64.7 Å². The Bertz CT molecular complexity index is 593. The van der Waals surface area contributed by atoms with Crippen LogP contribution in [0.3, 0.4) is 0 Å². The maximum Gasteiger partial charge on any atom is 0.227 e. The van der Waals surface area contributed by atoms with Gasteiger partial charge in [0.05, 0.1) is 0 Å². The highest BCUT2D eigenvalue weighted by Crippen LogP contribution is 2.23. The first-order chi connectivity index (χ1) is 11.6. The molecule has 0 bridgehead atoms. The van der Waals surface area contributed by atoms with Crippen LogP contribution < -0.4 is 15.5 Å². The van der Waals surface area contributed by atoms with E-state index in [1.54, 1.807) is 4.90 Å². The SMILES string of the molecule is C[C@H]1CNCCN1CCC(=O)Nc1ccc(N2CCCC2=O)cc1.Cl. The van der Waals surface area contributed by atoms with Gasteiger partial charge in [0.1, 0.15) is 0 Å². The van der Waals surface area contributed by atoms with Gasteiger partial charge in [0.2, 0.25) is 11.8 Å². The zero-order chi connectivity index (χ0) is 16.9. The minimum atomic E-state index is 0. The lowest BCUT2D eigenvalue weighted by Crippen LogP contribution is -2.50. The van der Waals surface area contributed by atoms with Crippen molar-refractivity contribution >= 4 is 35.6 Å². The van der Waals surface area contributed by atoms with E-state index in [2.05, 4.69) is 22.5 Å². The molecule has 0 saturated carbocycles. The molecular weight excluding hydrogens is 340 g/mol. The monoisotopic (exact) mass is 366 g/mol. The summed E-state index contributed by atoms with van der Waals surface area (Å²) < 4.78 is 0. The summed E-state index contributed by atoms with van der Waals surface area (Å²) in [6.07, 6.45) is 2.04. The minimum Gasteiger partial charge on any atom is -0.326 e. The van der Waals surface area contributed by atoms with Crippen LogP contribution in [-0.2, 0) is 9.59 Å². The highest BCUT2D eigenvalue weighted by atomic mass is 35.5. The molecule has 2 saturated heterocycles. The molecule has 0 aromatic heterocycles. The van der Waals surface area contributed by atoms with Crippen LogP contribution in [-0.4, -0.2) is 55.5 Å². The highest BCUT2D eigenvalue weighted by Gasteiger charge is 2.21. The van der Waals surface area contributed by atoms with Crippen LogP contribution in [0.5, 0.6) is 0 Å². The van der Waals surface area contributed by atoms with Crippen molar-refractivity contribution in [2.45, 2.75) is 32.2 Å². The lowest BCUT2D eigenvalue weighted by Gasteiger charge is -2.33. The summed E-state index contributed by atoms with van der Waals surface area (Å²) in [5.74, 6) is 0.211. The van der Waals surface area contributed by atoms with Crippen LogP contribution in [0, 0.1) is 0 Å². The zero-order valence-electron chi connectivity index (χ0n) is 14.7. The van der Waals surface area contributed by atoms with Gasteiger partial charge in [-0.1, -0.05) is 0 Å². The quantitative estimate of drug-likeness (QED) is 0.834. The number of amides is 2. The molecule has 6 nitrogen and oxygen atoms in total. The third kappa shape index (κ3) is 5.17. The van der Waals surface area contributed by atoms with E-state index < -0.39 is 0 Å². The summed E-state index contributed by atoms with van der Waals surface area (Å²) >= 11 is 0. The van der Waals surface area contributed by atoms with Crippen molar-refractivity contribution < 1.29 is 9.59 Å². The van der Waals surface area contributed by atoms with Gasteiger partial charge in [0.25, 0.3) is 0 Å². The fraction of sp³-hybridized carbons (Fsp3) is 0.556. The van der Waals surface area contributed by atoms with Crippen LogP contribution in [0.2, 0.25) is 0 Å². The number of hydrogen-bond acceptors (Lipinski definition) is 4. The number of anilines is 2. The predicted octanol–water partition coefficient (Wildman–Crippen LogP) is 1.86. The van der Waals surface area contributed by atoms with Crippen molar-refractivity contribution in [3.8, 4) is 0 Å². The van der Waals surface area contributed by atoms with E-state index in [0.29, 0.717) is 18.9 Å². The summed E-state index contributed by atoms with van der Waals surface area (Å²) in [7, 11) is 0. The number of halogens is 1. The molecule has 1 aromatic rings. The number of carbonyl (C=O) groups is 2. The van der Waals surface area contributed by atoms with Gasteiger partial charge in [-0.25, -0.2) is 0 Å². The first-order valence-electron chi connectivity index (χ1n) is 8.78. The standard InChI is InChI=1S/C18H26N4O2.ClH/c1-14-13-19-9-12-21(14)11-8-17(23)20-15-4-6-16(7-5-15)22-10-2-3-18(22)24;/h4-7,14,19H,2-3,8-13H2,1H3,(H,20,23);1H/t14-;/m0./s1. The fourth-order valence-electron chi connectivity index (χ4n) is 3.33. The number of nitrogens with zero attached hydrogens (tertiary/aromatic N) is 2. The molecule has 2 amide bonds. The molecule has 2 heterocycles. The molecule has 2 fully saturated rings. The van der Waals surface area contributed by atoms with E-state index in [4.69, 9.17) is 0 Å². The van der Waals surface area contributed by atoms with E-state index in [1.807, 2.05) is 24.3 Å². The van der Waals surface area contributed by atoms with Crippen LogP contribution in [0.15, 0.2) is 24.3 Å². The summed E-state index contributed by atoms with van der Waals surface area (Å²) in [4.78, 5) is 28.0. The molecule has 2 aliphatic rings. The normalized spacial score (nSPS) is 21.1. The van der Waals surface area contributed by atoms with Gasteiger partial charge in [-0.3, -0.25) is 14.5 Å². The number of piperazine rings is 1. The van der Waals surface area contributed by atoms with Crippen molar-refractivity contribution in [2.24, 2.45) is 0 Å². The van der Waals surface area contributed by atoms with Crippen molar-refractivity contribution in [3.63, 3.8) is 0 Å². The minimum absolute atomic E-state index is 0. The van der Waals surface area contributed by atoms with Gasteiger partial charge in [0, 0.05) is 63.0 Å². The molecule has 3 rings (SSSR count). The second-order valence-corrected chi connectivity index (χ2v) is 6.58. The maximum absolute atomic E-state index is 12.1. The van der Waals surface area contributed by atoms with E-state index in [9.17, 15) is 9.59 Å². The van der Waals surface area contributed by atoms with Crippen molar-refractivity contribution in [2.75, 3.05) is 42.9 Å². The molecule has 0 unspecified atom stereocenters. The summed E-state index contributed by atoms with van der Waals surface area (Å²) in [6, 6.07) is 8.01. The Kier molecular flexibility index (Phi) is 7.23. The van der Waals surface area contributed by atoms with Gasteiger partial charge < -0.3 is 15.5 Å². The summed E-state index contributed by atoms with van der Waals surface area (Å²) in [5, 5.41) is 6.29. The van der Waals surface area contributed by atoms with Gasteiger partial charge in [-0.15, -0.1) is 12.4 Å². The Hall–Kier alpha value is -1.63. The Balaban J connectivity index is 0.00000225. The van der Waals surface area contributed by atoms with Gasteiger partial charge >= 0.3 is 0 Å². The molecule has 138 valence electrons. The fourth-order valence-corrected chi connectivity index (χ4v) is 3.33. The molecule has 0 aliphatic carbocycles. The van der Waals surface area contributed by atoms with Crippen molar-refractivity contribution in [1.82, 2.24) is 10.2 Å². The van der Waals surface area contributed by atoms with Crippen LogP contribution >= 0.6 is 12.4 Å². The number of nitrogens with one attached hydrogen (secondary N) is 2. The third-order valence-electron chi connectivity index (χ3n) is 4.80. The van der Waals surface area contributed by atoms with Crippen LogP contribution in [0.4, 0.5) is 11.4 Å². The lowest BCUT2D eigenvalue weighted by molar-refractivity contribution is -0.117. The van der Waals surface area contributed by atoms with Gasteiger partial charge in [-0.2, -0.15) is 0 Å². The second kappa shape index (κ2) is 9.17. The average Bonchev–Trinajstić information content (AvgIpc) is 3.01. The van der Waals surface area contributed by atoms with Gasteiger partial charge in [0.15, 0.2) is 0 Å². The molecule has 1 atom stereocenters. The average molecular weight is 367 g/mol. The Morgan fingerprint density at radius 1 is 1.28 bits per heavy atom. The van der Waals surface area contributed by atoms with Crippen LogP contribution in [0.25, 0.3) is 0 Å². The van der Waals surface area contributed by atoms with Crippen LogP contribution in [0.1, 0.15) is 26.2 Å². The molecule has 25 heavy (non-hydrogen) atoms. The molecule has 2 N–H and O–H groups in total. The lowest BCUT2D eigenvalue weighted by atomic mass is 10.2. The highest BCUT2D eigenvalue weighted by molar-refractivity contribution is 5.96. The third-order valence-corrected chi connectivity index (χ3v) is 4.80. The van der Waals surface area contributed by atoms with Crippen molar-refractivity contribution in [3.05, 3.63) is 24.3 Å². The number of benzene rings is 1. The predicted molar refractivity (Wildman–Crippen MR) is 102 cm³/mol. The second-order valence-electron chi connectivity index (χ2n) is 6.58. The molecule has 2 aliphatic heterocycles. The molecule has 7 heteroatoms. The largest absolute Gasteiger partial charge is 0.326 e. The Morgan fingerprint density at radius 2 is 2.04 bits per heavy atom. The molecule has 0 spiro atoms.